The predicted octanol–water partition coefficient (Wildman–Crippen LogP) is 3.07. The zero-order chi connectivity index (χ0) is 13.4. The van der Waals surface area contributed by atoms with E-state index in [-0.39, 0.29) is 0 Å². The topological polar surface area (TPSA) is 55.6 Å². The second-order valence-corrected chi connectivity index (χ2v) is 4.75. The van der Waals surface area contributed by atoms with Crippen LogP contribution in [-0.2, 0) is 7.05 Å². The number of halogens is 1. The maximum Gasteiger partial charge on any atom is 0.163 e. The largest absolute Gasteiger partial charge is 0.339 e. The van der Waals surface area contributed by atoms with E-state index in [1.165, 1.54) is 6.33 Å². The molecular formula is C13H12ClN5. The molecule has 0 aliphatic heterocycles. The molecule has 0 bridgehead atoms. The first-order chi connectivity index (χ1) is 9.15. The lowest BCUT2D eigenvalue weighted by Gasteiger charge is -2.09. The molecule has 0 amide bonds. The van der Waals surface area contributed by atoms with Crippen LogP contribution in [0.4, 0.5) is 11.5 Å². The molecule has 0 fully saturated rings. The van der Waals surface area contributed by atoms with Crippen molar-refractivity contribution in [2.75, 3.05) is 5.32 Å². The van der Waals surface area contributed by atoms with Crippen LogP contribution in [0.25, 0.3) is 11.0 Å². The van der Waals surface area contributed by atoms with Gasteiger partial charge in [-0.2, -0.15) is 5.10 Å². The van der Waals surface area contributed by atoms with Gasteiger partial charge in [-0.3, -0.25) is 4.68 Å². The lowest BCUT2D eigenvalue weighted by molar-refractivity contribution is 0.785. The summed E-state index contributed by atoms with van der Waals surface area (Å²) in [4.78, 5) is 8.47. The standard InChI is InChI=1S/C13H12ClN5/c1-8-3-4-9(14)5-11(8)18-12-10-6-17-19(2)13(10)16-7-15-12/h3-7H,1-2H3,(H,15,16,18). The minimum Gasteiger partial charge on any atom is -0.339 e. The van der Waals surface area contributed by atoms with Crippen LogP contribution in [0, 0.1) is 6.92 Å². The van der Waals surface area contributed by atoms with Gasteiger partial charge in [-0.15, -0.1) is 0 Å². The first kappa shape index (κ1) is 11.9. The highest BCUT2D eigenvalue weighted by molar-refractivity contribution is 6.30. The summed E-state index contributed by atoms with van der Waals surface area (Å²) in [7, 11) is 1.85. The summed E-state index contributed by atoms with van der Waals surface area (Å²) in [6, 6.07) is 5.70. The number of nitrogens with one attached hydrogen (secondary N) is 1. The highest BCUT2D eigenvalue weighted by atomic mass is 35.5. The predicted molar refractivity (Wildman–Crippen MR) is 75.8 cm³/mol. The fourth-order valence-electron chi connectivity index (χ4n) is 1.92. The summed E-state index contributed by atoms with van der Waals surface area (Å²) in [6.45, 7) is 2.01. The number of aryl methyl sites for hydroxylation is 2. The van der Waals surface area contributed by atoms with Gasteiger partial charge in [0.15, 0.2) is 5.65 Å². The Kier molecular flexibility index (Phi) is 2.83. The van der Waals surface area contributed by atoms with Crippen LogP contribution in [0.1, 0.15) is 5.56 Å². The number of nitrogens with zero attached hydrogens (tertiary/aromatic N) is 4. The van der Waals surface area contributed by atoms with E-state index >= 15 is 0 Å². The molecule has 0 saturated carbocycles. The van der Waals surface area contributed by atoms with Gasteiger partial charge in [0.25, 0.3) is 0 Å². The Morgan fingerprint density at radius 2 is 2.11 bits per heavy atom. The van der Waals surface area contributed by atoms with Crippen molar-refractivity contribution in [3.63, 3.8) is 0 Å². The summed E-state index contributed by atoms with van der Waals surface area (Å²) in [5.74, 6) is 0.725. The molecule has 6 heteroatoms. The van der Waals surface area contributed by atoms with E-state index in [1.807, 2.05) is 32.2 Å². The molecule has 0 atom stereocenters. The molecular weight excluding hydrogens is 262 g/mol. The summed E-state index contributed by atoms with van der Waals surface area (Å²) < 4.78 is 1.72. The Bertz CT molecular complexity index is 750. The molecule has 3 aromatic rings. The molecule has 0 radical (unpaired) electrons. The van der Waals surface area contributed by atoms with Crippen molar-refractivity contribution in [1.29, 1.82) is 0 Å². The Labute approximate surface area is 115 Å². The number of aromatic nitrogens is 4. The molecule has 1 N–H and O–H groups in total. The van der Waals surface area contributed by atoms with Gasteiger partial charge in [-0.05, 0) is 24.6 Å². The molecule has 0 spiro atoms. The molecule has 3 rings (SSSR count). The van der Waals surface area contributed by atoms with Gasteiger partial charge in [0.1, 0.15) is 12.1 Å². The quantitative estimate of drug-likeness (QED) is 0.780. The number of fused-ring (bicyclic) bond motifs is 1. The third kappa shape index (κ3) is 2.13. The second kappa shape index (κ2) is 4.51. The summed E-state index contributed by atoms with van der Waals surface area (Å²) in [5.41, 5.74) is 2.81. The Hall–Kier alpha value is -2.14. The van der Waals surface area contributed by atoms with Crippen molar-refractivity contribution in [2.24, 2.45) is 7.05 Å². The monoisotopic (exact) mass is 273 g/mol. The van der Waals surface area contributed by atoms with E-state index in [2.05, 4.69) is 20.4 Å². The SMILES string of the molecule is Cc1ccc(Cl)cc1Nc1ncnc2c1cnn2C. The van der Waals surface area contributed by atoms with Gasteiger partial charge in [-0.1, -0.05) is 17.7 Å². The Morgan fingerprint density at radius 1 is 1.26 bits per heavy atom. The minimum atomic E-state index is 0.685. The van der Waals surface area contributed by atoms with E-state index in [9.17, 15) is 0 Å². The van der Waals surface area contributed by atoms with E-state index < -0.39 is 0 Å². The number of rotatable bonds is 2. The van der Waals surface area contributed by atoms with Gasteiger partial charge in [0, 0.05) is 17.8 Å². The van der Waals surface area contributed by atoms with Gasteiger partial charge in [0.2, 0.25) is 0 Å². The smallest absolute Gasteiger partial charge is 0.163 e. The third-order valence-electron chi connectivity index (χ3n) is 2.98. The maximum atomic E-state index is 6.02. The highest BCUT2D eigenvalue weighted by Gasteiger charge is 2.09. The van der Waals surface area contributed by atoms with E-state index in [1.54, 1.807) is 10.9 Å². The molecule has 1 aromatic carbocycles. The average molecular weight is 274 g/mol. The van der Waals surface area contributed by atoms with Crippen LogP contribution >= 0.6 is 11.6 Å². The lowest BCUT2D eigenvalue weighted by Crippen LogP contribution is -1.98. The Morgan fingerprint density at radius 3 is 2.95 bits per heavy atom. The summed E-state index contributed by atoms with van der Waals surface area (Å²) in [6.07, 6.45) is 3.27. The van der Waals surface area contributed by atoms with Gasteiger partial charge in [-0.25, -0.2) is 9.97 Å². The van der Waals surface area contributed by atoms with Crippen LogP contribution in [0.3, 0.4) is 0 Å². The van der Waals surface area contributed by atoms with Crippen LogP contribution in [0.5, 0.6) is 0 Å². The van der Waals surface area contributed by atoms with Crippen molar-refractivity contribution in [3.05, 3.63) is 41.3 Å². The molecule has 96 valence electrons. The lowest BCUT2D eigenvalue weighted by atomic mass is 10.2. The molecule has 5 nitrogen and oxygen atoms in total. The van der Waals surface area contributed by atoms with Crippen molar-refractivity contribution >= 4 is 34.1 Å². The second-order valence-electron chi connectivity index (χ2n) is 4.31. The maximum absolute atomic E-state index is 6.02. The van der Waals surface area contributed by atoms with Crippen LogP contribution in [0.15, 0.2) is 30.7 Å². The fourth-order valence-corrected chi connectivity index (χ4v) is 2.09. The van der Waals surface area contributed by atoms with Crippen molar-refractivity contribution in [2.45, 2.75) is 6.92 Å². The third-order valence-corrected chi connectivity index (χ3v) is 3.22. The number of benzene rings is 1. The number of hydrogen-bond acceptors (Lipinski definition) is 4. The van der Waals surface area contributed by atoms with E-state index in [0.717, 1.165) is 28.1 Å². The van der Waals surface area contributed by atoms with E-state index in [0.29, 0.717) is 5.02 Å². The molecule has 2 aromatic heterocycles. The van der Waals surface area contributed by atoms with Crippen LogP contribution in [0.2, 0.25) is 5.02 Å². The van der Waals surface area contributed by atoms with Crippen molar-refractivity contribution in [1.82, 2.24) is 19.7 Å². The zero-order valence-corrected chi connectivity index (χ0v) is 11.3. The first-order valence-corrected chi connectivity index (χ1v) is 6.19. The number of hydrogen-bond donors (Lipinski definition) is 1. The Balaban J connectivity index is 2.08. The van der Waals surface area contributed by atoms with Gasteiger partial charge in [0.05, 0.1) is 11.6 Å². The highest BCUT2D eigenvalue weighted by Crippen LogP contribution is 2.26. The number of anilines is 2. The van der Waals surface area contributed by atoms with Crippen LogP contribution < -0.4 is 5.32 Å². The van der Waals surface area contributed by atoms with Crippen LogP contribution in [-0.4, -0.2) is 19.7 Å². The molecule has 0 aliphatic rings. The summed E-state index contributed by atoms with van der Waals surface area (Å²) >= 11 is 6.02. The minimum absolute atomic E-state index is 0.685. The van der Waals surface area contributed by atoms with Gasteiger partial charge >= 0.3 is 0 Å². The molecule has 2 heterocycles. The van der Waals surface area contributed by atoms with Crippen molar-refractivity contribution < 1.29 is 0 Å². The fraction of sp³-hybridized carbons (Fsp3) is 0.154. The van der Waals surface area contributed by atoms with Crippen molar-refractivity contribution in [3.8, 4) is 0 Å². The van der Waals surface area contributed by atoms with E-state index in [4.69, 9.17) is 11.6 Å². The molecule has 0 aliphatic carbocycles. The average Bonchev–Trinajstić information content (AvgIpc) is 2.77. The first-order valence-electron chi connectivity index (χ1n) is 5.81. The normalized spacial score (nSPS) is 10.9. The molecule has 0 unspecified atom stereocenters. The zero-order valence-electron chi connectivity index (χ0n) is 10.6. The summed E-state index contributed by atoms with van der Waals surface area (Å²) in [5, 5.41) is 9.03. The molecule has 0 saturated heterocycles. The molecule has 19 heavy (non-hydrogen) atoms. The van der Waals surface area contributed by atoms with Gasteiger partial charge < -0.3 is 5.32 Å².